The predicted octanol–water partition coefficient (Wildman–Crippen LogP) is 4.04. The summed E-state index contributed by atoms with van der Waals surface area (Å²) >= 11 is 0. The Hall–Kier alpha value is -2.87. The molecule has 2 aromatic rings. The van der Waals surface area contributed by atoms with E-state index in [0.717, 1.165) is 16.7 Å². The van der Waals surface area contributed by atoms with Gasteiger partial charge in [-0.15, -0.1) is 0 Å². The van der Waals surface area contributed by atoms with Gasteiger partial charge in [-0.05, 0) is 56.4 Å². The molecular formula is C27H39N3O4S. The molecule has 0 bridgehead atoms. The molecule has 2 aromatic carbocycles. The van der Waals surface area contributed by atoms with Crippen LogP contribution in [0.2, 0.25) is 0 Å². The van der Waals surface area contributed by atoms with Crippen LogP contribution in [0.25, 0.3) is 0 Å². The van der Waals surface area contributed by atoms with E-state index in [2.05, 4.69) is 5.32 Å². The van der Waals surface area contributed by atoms with Crippen LogP contribution in [-0.2, 0) is 26.2 Å². The van der Waals surface area contributed by atoms with Gasteiger partial charge in [0.2, 0.25) is 21.8 Å². The first-order chi connectivity index (χ1) is 16.4. The smallest absolute Gasteiger partial charge is 0.242 e. The van der Waals surface area contributed by atoms with E-state index in [1.54, 1.807) is 24.0 Å². The quantitative estimate of drug-likeness (QED) is 0.476. The van der Waals surface area contributed by atoms with Gasteiger partial charge in [-0.1, -0.05) is 55.8 Å². The van der Waals surface area contributed by atoms with Gasteiger partial charge in [-0.25, -0.2) is 8.42 Å². The zero-order valence-electron chi connectivity index (χ0n) is 21.7. The van der Waals surface area contributed by atoms with E-state index in [4.69, 9.17) is 0 Å². The van der Waals surface area contributed by atoms with Crippen molar-refractivity contribution in [2.45, 2.75) is 60.0 Å². The van der Waals surface area contributed by atoms with E-state index < -0.39 is 16.1 Å². The van der Waals surface area contributed by atoms with Gasteiger partial charge in [0.25, 0.3) is 0 Å². The average molecular weight is 502 g/mol. The number of anilines is 1. The Bertz CT molecular complexity index is 1100. The Morgan fingerprint density at radius 2 is 1.60 bits per heavy atom. The number of carbonyl (C=O) groups is 2. The van der Waals surface area contributed by atoms with E-state index in [9.17, 15) is 18.0 Å². The molecule has 0 aliphatic rings. The third-order valence-corrected chi connectivity index (χ3v) is 7.12. The second-order valence-corrected chi connectivity index (χ2v) is 11.4. The highest BCUT2D eigenvalue weighted by Gasteiger charge is 2.27. The number of hydrogen-bond donors (Lipinski definition) is 1. The zero-order chi connectivity index (χ0) is 26.2. The zero-order valence-corrected chi connectivity index (χ0v) is 22.6. The molecule has 1 N–H and O–H groups in total. The summed E-state index contributed by atoms with van der Waals surface area (Å²) in [7, 11) is -3.50. The highest BCUT2D eigenvalue weighted by molar-refractivity contribution is 7.92. The van der Waals surface area contributed by atoms with Gasteiger partial charge in [0.15, 0.2) is 0 Å². The van der Waals surface area contributed by atoms with Crippen molar-refractivity contribution in [3.8, 4) is 0 Å². The first-order valence-corrected chi connectivity index (χ1v) is 13.9. The number of nitrogens with one attached hydrogen (secondary N) is 1. The Morgan fingerprint density at radius 1 is 0.971 bits per heavy atom. The summed E-state index contributed by atoms with van der Waals surface area (Å²) in [6, 6.07) is 14.4. The summed E-state index contributed by atoms with van der Waals surface area (Å²) in [4.78, 5) is 27.7. The van der Waals surface area contributed by atoms with Crippen LogP contribution in [-0.4, -0.2) is 50.5 Å². The first kappa shape index (κ1) is 28.4. The summed E-state index contributed by atoms with van der Waals surface area (Å²) in [5.41, 5.74) is 3.63. The first-order valence-electron chi connectivity index (χ1n) is 12.1. The molecule has 8 heteroatoms. The summed E-state index contributed by atoms with van der Waals surface area (Å²) in [5.74, 6) is -0.0775. The van der Waals surface area contributed by atoms with Crippen molar-refractivity contribution in [1.82, 2.24) is 10.2 Å². The summed E-state index contributed by atoms with van der Waals surface area (Å²) in [5, 5.41) is 2.92. The lowest BCUT2D eigenvalue weighted by atomic mass is 10.1. The monoisotopic (exact) mass is 501 g/mol. The Kier molecular flexibility index (Phi) is 10.3. The molecule has 0 spiro atoms. The molecule has 192 valence electrons. The van der Waals surface area contributed by atoms with Crippen LogP contribution in [0.1, 0.15) is 50.3 Å². The molecule has 0 aliphatic heterocycles. The normalized spacial score (nSPS) is 12.3. The predicted molar refractivity (Wildman–Crippen MR) is 142 cm³/mol. The molecule has 0 heterocycles. The average Bonchev–Trinajstić information content (AvgIpc) is 2.79. The maximum absolute atomic E-state index is 13.3. The number of sulfonamides is 1. The minimum atomic E-state index is -3.50. The summed E-state index contributed by atoms with van der Waals surface area (Å²) in [6.45, 7) is 10.7. The lowest BCUT2D eigenvalue weighted by Gasteiger charge is -2.30. The molecule has 0 radical (unpaired) electrons. The fraction of sp³-hybridized carbons (Fsp3) is 0.481. The topological polar surface area (TPSA) is 86.8 Å². The van der Waals surface area contributed by atoms with Gasteiger partial charge < -0.3 is 10.2 Å². The van der Waals surface area contributed by atoms with E-state index in [-0.39, 0.29) is 24.8 Å². The molecule has 7 nitrogen and oxygen atoms in total. The van der Waals surface area contributed by atoms with Gasteiger partial charge in [0.05, 0.1) is 11.9 Å². The largest absolute Gasteiger partial charge is 0.354 e. The number of rotatable bonds is 12. The Morgan fingerprint density at radius 3 is 2.17 bits per heavy atom. The van der Waals surface area contributed by atoms with Crippen molar-refractivity contribution in [3.05, 3.63) is 65.2 Å². The molecule has 0 fully saturated rings. The van der Waals surface area contributed by atoms with E-state index in [1.165, 1.54) is 10.6 Å². The molecule has 0 aliphatic carbocycles. The number of carbonyl (C=O) groups excluding carboxylic acids is 2. The molecule has 2 amide bonds. The second-order valence-electron chi connectivity index (χ2n) is 9.54. The standard InChI is InChI=1S/C27H39N3O4S/c1-20(2)18-28-27(32)23(5)29(19-24-11-8-7-10-22(24)4)26(31)12-9-17-30(35(6,33)34)25-15-13-21(3)14-16-25/h7-8,10-11,13-16,20,23H,9,12,17-19H2,1-6H3,(H,28,32). The van der Waals surface area contributed by atoms with Gasteiger partial charge in [0.1, 0.15) is 6.04 Å². The van der Waals surface area contributed by atoms with Crippen molar-refractivity contribution in [2.24, 2.45) is 5.92 Å². The van der Waals surface area contributed by atoms with Gasteiger partial charge in [-0.3, -0.25) is 13.9 Å². The van der Waals surface area contributed by atoms with E-state index >= 15 is 0 Å². The third kappa shape index (κ3) is 8.69. The summed E-state index contributed by atoms with van der Waals surface area (Å²) < 4.78 is 26.1. The maximum Gasteiger partial charge on any atom is 0.242 e. The van der Waals surface area contributed by atoms with Crippen molar-refractivity contribution in [1.29, 1.82) is 0 Å². The van der Waals surface area contributed by atoms with Crippen molar-refractivity contribution in [2.75, 3.05) is 23.7 Å². The molecule has 0 aromatic heterocycles. The fourth-order valence-corrected chi connectivity index (χ4v) is 4.69. The minimum absolute atomic E-state index is 0.131. The molecule has 35 heavy (non-hydrogen) atoms. The molecule has 0 saturated carbocycles. The van der Waals surface area contributed by atoms with Crippen LogP contribution in [0.4, 0.5) is 5.69 Å². The maximum atomic E-state index is 13.3. The van der Waals surface area contributed by atoms with E-state index in [1.807, 2.05) is 64.1 Å². The summed E-state index contributed by atoms with van der Waals surface area (Å²) in [6.07, 6.45) is 1.64. The highest BCUT2D eigenvalue weighted by Crippen LogP contribution is 2.20. The van der Waals surface area contributed by atoms with Crippen molar-refractivity contribution in [3.63, 3.8) is 0 Å². The SMILES string of the molecule is Cc1ccc(N(CCCC(=O)N(Cc2ccccc2C)C(C)C(=O)NCC(C)C)S(C)(=O)=O)cc1. The highest BCUT2D eigenvalue weighted by atomic mass is 32.2. The number of benzene rings is 2. The van der Waals surface area contributed by atoms with Gasteiger partial charge in [-0.2, -0.15) is 0 Å². The van der Waals surface area contributed by atoms with E-state index in [0.29, 0.717) is 31.1 Å². The molecule has 1 atom stereocenters. The number of aryl methyl sites for hydroxylation is 2. The van der Waals surface area contributed by atoms with Crippen LogP contribution in [0.15, 0.2) is 48.5 Å². The number of hydrogen-bond acceptors (Lipinski definition) is 4. The van der Waals surface area contributed by atoms with Gasteiger partial charge >= 0.3 is 0 Å². The number of amides is 2. The van der Waals surface area contributed by atoms with Gasteiger partial charge in [0, 0.05) is 26.1 Å². The minimum Gasteiger partial charge on any atom is -0.354 e. The molecule has 2 rings (SSSR count). The van der Waals surface area contributed by atoms with Crippen molar-refractivity contribution < 1.29 is 18.0 Å². The molecular weight excluding hydrogens is 462 g/mol. The Balaban J connectivity index is 2.16. The fourth-order valence-electron chi connectivity index (χ4n) is 3.72. The van der Waals surface area contributed by atoms with Crippen molar-refractivity contribution >= 4 is 27.5 Å². The second kappa shape index (κ2) is 12.7. The van der Waals surface area contributed by atoms with Crippen LogP contribution < -0.4 is 9.62 Å². The van der Waals surface area contributed by atoms with Crippen LogP contribution >= 0.6 is 0 Å². The lowest BCUT2D eigenvalue weighted by Crippen LogP contribution is -2.48. The third-order valence-electron chi connectivity index (χ3n) is 5.93. The molecule has 1 unspecified atom stereocenters. The lowest BCUT2D eigenvalue weighted by molar-refractivity contribution is -0.140. The van der Waals surface area contributed by atoms with Crippen LogP contribution in [0, 0.1) is 19.8 Å². The molecule has 0 saturated heterocycles. The Labute approximate surface area is 210 Å². The number of nitrogens with zero attached hydrogens (tertiary/aromatic N) is 2. The van der Waals surface area contributed by atoms with Crippen LogP contribution in [0.3, 0.4) is 0 Å². The van der Waals surface area contributed by atoms with Crippen LogP contribution in [0.5, 0.6) is 0 Å².